The first-order valence-electron chi connectivity index (χ1n) is 6.95. The summed E-state index contributed by atoms with van der Waals surface area (Å²) in [6.07, 6.45) is 0.621. The Morgan fingerprint density at radius 3 is 2.68 bits per heavy atom. The Morgan fingerprint density at radius 1 is 1.41 bits per heavy atom. The van der Waals surface area contributed by atoms with Crippen molar-refractivity contribution in [3.8, 4) is 0 Å². The van der Waals surface area contributed by atoms with Gasteiger partial charge in [0.2, 0.25) is 5.96 Å². The molecule has 1 aliphatic heterocycles. The van der Waals surface area contributed by atoms with Crippen LogP contribution in [-0.4, -0.2) is 31.5 Å². The molecular weight excluding hydrogens is 306 g/mol. The van der Waals surface area contributed by atoms with Crippen molar-refractivity contribution in [1.82, 2.24) is 4.72 Å². The van der Waals surface area contributed by atoms with E-state index in [0.29, 0.717) is 12.1 Å². The van der Waals surface area contributed by atoms with Crippen molar-refractivity contribution in [3.63, 3.8) is 0 Å². The van der Waals surface area contributed by atoms with Gasteiger partial charge in [0.05, 0.1) is 5.69 Å². The number of rotatable bonds is 4. The smallest absolute Gasteiger partial charge is 0.328 e. The fourth-order valence-corrected chi connectivity index (χ4v) is 3.36. The Balaban J connectivity index is 2.42. The molecule has 1 aromatic carbocycles. The lowest BCUT2D eigenvalue weighted by Crippen LogP contribution is -2.42. The summed E-state index contributed by atoms with van der Waals surface area (Å²) in [5.41, 5.74) is 1.20. The maximum Gasteiger partial charge on any atom is 0.328 e. The van der Waals surface area contributed by atoms with Crippen LogP contribution < -0.4 is 10.0 Å². The van der Waals surface area contributed by atoms with Gasteiger partial charge < -0.3 is 10.4 Å². The number of carboxylic acids is 1. The fraction of sp³-hybridized carbons (Fsp3) is 0.429. The number of nitrogens with one attached hydrogen (secondary N) is 2. The van der Waals surface area contributed by atoms with Gasteiger partial charge in [-0.2, -0.15) is 0 Å². The molecule has 0 fully saturated rings. The molecule has 0 saturated heterocycles. The third-order valence-corrected chi connectivity index (χ3v) is 4.99. The molecule has 3 N–H and O–H groups in total. The molecule has 7 nitrogen and oxygen atoms in total. The normalized spacial score (nSPS) is 20.4. The number of hydrogen-bond acceptors (Lipinski definition) is 4. The summed E-state index contributed by atoms with van der Waals surface area (Å²) in [5, 5.41) is 12.1. The van der Waals surface area contributed by atoms with Gasteiger partial charge in [-0.15, -0.1) is 0 Å². The Bertz CT molecular complexity index is 728. The molecule has 1 aliphatic rings. The van der Waals surface area contributed by atoms with E-state index < -0.39 is 22.0 Å². The number of carbonyl (C=O) groups is 1. The molecule has 1 heterocycles. The molecule has 0 aliphatic carbocycles. The first kappa shape index (κ1) is 16.3. The molecule has 0 radical (unpaired) electrons. The predicted octanol–water partition coefficient (Wildman–Crippen LogP) is 1.55. The Hall–Kier alpha value is -2.09. The average molecular weight is 325 g/mol. The van der Waals surface area contributed by atoms with Crippen LogP contribution in [0.5, 0.6) is 0 Å². The van der Waals surface area contributed by atoms with Crippen LogP contribution in [0.1, 0.15) is 25.8 Å². The van der Waals surface area contributed by atoms with Crippen LogP contribution >= 0.6 is 0 Å². The van der Waals surface area contributed by atoms with Crippen molar-refractivity contribution in [2.24, 2.45) is 10.9 Å². The molecule has 0 bridgehead atoms. The van der Waals surface area contributed by atoms with Gasteiger partial charge in [-0.25, -0.2) is 22.9 Å². The number of anilines is 1. The summed E-state index contributed by atoms with van der Waals surface area (Å²) in [5.74, 6) is -1.36. The minimum atomic E-state index is -3.75. The van der Waals surface area contributed by atoms with Crippen molar-refractivity contribution < 1.29 is 18.3 Å². The largest absolute Gasteiger partial charge is 0.480 e. The molecular formula is C14H19N3O4S. The molecule has 1 aromatic rings. The first-order chi connectivity index (χ1) is 10.2. The van der Waals surface area contributed by atoms with Gasteiger partial charge >= 0.3 is 5.97 Å². The molecule has 2 rings (SSSR count). The van der Waals surface area contributed by atoms with Crippen LogP contribution in [0.3, 0.4) is 0 Å². The Labute approximate surface area is 129 Å². The summed E-state index contributed by atoms with van der Waals surface area (Å²) in [7, 11) is -3.75. The standard InChI is InChI=1S/C14H19N3O4S/c1-4-9(3)12(13(18)19)16-14-15-10-6-5-8(2)7-11(10)22(20,21)17-14/h5-7,9,12H,4H2,1-3H3,(H,18,19)(H2,15,16,17). The molecule has 0 amide bonds. The summed E-state index contributed by atoms with van der Waals surface area (Å²) in [4.78, 5) is 15.5. The molecule has 0 aromatic heterocycles. The number of carboxylic acid groups (broad SMARTS) is 1. The van der Waals surface area contributed by atoms with Crippen LogP contribution in [0.4, 0.5) is 5.69 Å². The lowest BCUT2D eigenvalue weighted by molar-refractivity contribution is -0.139. The summed E-state index contributed by atoms with van der Waals surface area (Å²) >= 11 is 0. The van der Waals surface area contributed by atoms with E-state index in [1.54, 1.807) is 32.0 Å². The number of fused-ring (bicyclic) bond motifs is 1. The van der Waals surface area contributed by atoms with Crippen LogP contribution in [0.2, 0.25) is 0 Å². The monoisotopic (exact) mass is 325 g/mol. The maximum absolute atomic E-state index is 12.2. The van der Waals surface area contributed by atoms with Gasteiger partial charge in [-0.05, 0) is 30.5 Å². The number of hydrogen-bond donors (Lipinski definition) is 3. The quantitative estimate of drug-likeness (QED) is 0.778. The third kappa shape index (κ3) is 3.22. The molecule has 22 heavy (non-hydrogen) atoms. The number of nitrogens with zero attached hydrogens (tertiary/aromatic N) is 1. The second-order valence-corrected chi connectivity index (χ2v) is 7.03. The number of aliphatic carboxylic acids is 1. The van der Waals surface area contributed by atoms with E-state index >= 15 is 0 Å². The van der Waals surface area contributed by atoms with Crippen molar-refractivity contribution >= 4 is 27.6 Å². The second-order valence-electron chi connectivity index (χ2n) is 5.38. The van der Waals surface area contributed by atoms with E-state index in [9.17, 15) is 18.3 Å². The minimum absolute atomic E-state index is 0.0657. The van der Waals surface area contributed by atoms with Crippen molar-refractivity contribution in [1.29, 1.82) is 0 Å². The van der Waals surface area contributed by atoms with E-state index in [2.05, 4.69) is 15.0 Å². The van der Waals surface area contributed by atoms with E-state index in [1.807, 2.05) is 6.92 Å². The number of aryl methyl sites for hydroxylation is 1. The molecule has 0 spiro atoms. The van der Waals surface area contributed by atoms with Crippen molar-refractivity contribution in [2.75, 3.05) is 5.32 Å². The van der Waals surface area contributed by atoms with Gasteiger partial charge in [-0.1, -0.05) is 26.3 Å². The minimum Gasteiger partial charge on any atom is -0.480 e. The van der Waals surface area contributed by atoms with Gasteiger partial charge in [0.25, 0.3) is 10.0 Å². The number of aliphatic imine (C=N–C) groups is 1. The Morgan fingerprint density at radius 2 is 2.09 bits per heavy atom. The third-order valence-electron chi connectivity index (χ3n) is 3.61. The zero-order valence-electron chi connectivity index (χ0n) is 12.6. The lowest BCUT2D eigenvalue weighted by Gasteiger charge is -2.24. The van der Waals surface area contributed by atoms with Crippen molar-refractivity contribution in [2.45, 2.75) is 38.1 Å². The highest BCUT2D eigenvalue weighted by atomic mass is 32.2. The van der Waals surface area contributed by atoms with E-state index in [-0.39, 0.29) is 16.8 Å². The molecule has 2 unspecified atom stereocenters. The molecule has 0 saturated carbocycles. The van der Waals surface area contributed by atoms with Gasteiger partial charge in [0, 0.05) is 0 Å². The first-order valence-corrected chi connectivity index (χ1v) is 8.44. The van der Waals surface area contributed by atoms with Crippen LogP contribution in [-0.2, 0) is 14.8 Å². The number of benzene rings is 1. The highest BCUT2D eigenvalue weighted by Gasteiger charge is 2.29. The van der Waals surface area contributed by atoms with Crippen LogP contribution in [0.15, 0.2) is 28.1 Å². The van der Waals surface area contributed by atoms with Gasteiger partial charge in [-0.3, -0.25) is 0 Å². The topological polar surface area (TPSA) is 108 Å². The Kier molecular flexibility index (Phi) is 4.41. The van der Waals surface area contributed by atoms with Gasteiger partial charge in [0.15, 0.2) is 6.04 Å². The molecule has 120 valence electrons. The fourth-order valence-electron chi connectivity index (χ4n) is 2.14. The predicted molar refractivity (Wildman–Crippen MR) is 83.4 cm³/mol. The van der Waals surface area contributed by atoms with Crippen LogP contribution in [0.25, 0.3) is 0 Å². The van der Waals surface area contributed by atoms with Crippen molar-refractivity contribution in [3.05, 3.63) is 23.8 Å². The summed E-state index contributed by atoms with van der Waals surface area (Å²) in [6, 6.07) is 3.94. The maximum atomic E-state index is 12.2. The second kappa shape index (κ2) is 5.96. The molecule has 8 heteroatoms. The van der Waals surface area contributed by atoms with Crippen LogP contribution in [0, 0.1) is 12.8 Å². The average Bonchev–Trinajstić information content (AvgIpc) is 2.44. The molecule has 2 atom stereocenters. The highest BCUT2D eigenvalue weighted by Crippen LogP contribution is 2.26. The number of guanidine groups is 1. The lowest BCUT2D eigenvalue weighted by atomic mass is 10.0. The zero-order valence-corrected chi connectivity index (χ0v) is 13.4. The SMILES string of the molecule is CCC(C)C(N=C1Nc2ccc(C)cc2S(=O)(=O)N1)C(=O)O. The van der Waals surface area contributed by atoms with E-state index in [1.165, 1.54) is 0 Å². The number of sulfonamides is 1. The summed E-state index contributed by atoms with van der Waals surface area (Å²) in [6.45, 7) is 5.41. The van der Waals surface area contributed by atoms with E-state index in [4.69, 9.17) is 0 Å². The van der Waals surface area contributed by atoms with Gasteiger partial charge in [0.1, 0.15) is 4.90 Å². The summed E-state index contributed by atoms with van der Waals surface area (Å²) < 4.78 is 26.8. The highest BCUT2D eigenvalue weighted by molar-refractivity contribution is 7.90. The van der Waals surface area contributed by atoms with E-state index in [0.717, 1.165) is 5.56 Å². The zero-order chi connectivity index (χ0) is 16.5.